The minimum atomic E-state index is -0.0745. The molecule has 1 atom stereocenters. The Bertz CT molecular complexity index is 1000. The molecule has 154 valence electrons. The van der Waals surface area contributed by atoms with Crippen molar-refractivity contribution in [2.75, 3.05) is 18.0 Å². The van der Waals surface area contributed by atoms with Gasteiger partial charge in [-0.05, 0) is 42.7 Å². The van der Waals surface area contributed by atoms with Gasteiger partial charge >= 0.3 is 0 Å². The molecule has 2 heterocycles. The summed E-state index contributed by atoms with van der Waals surface area (Å²) >= 11 is 7.63. The highest BCUT2D eigenvalue weighted by atomic mass is 35.5. The molecule has 2 aromatic carbocycles. The Morgan fingerprint density at radius 1 is 1.13 bits per heavy atom. The van der Waals surface area contributed by atoms with E-state index in [2.05, 4.69) is 32.3 Å². The highest BCUT2D eigenvalue weighted by molar-refractivity contribution is 7.99. The van der Waals surface area contributed by atoms with Gasteiger partial charge in [0.1, 0.15) is 5.03 Å². The molecule has 1 N–H and O–H groups in total. The van der Waals surface area contributed by atoms with E-state index in [4.69, 9.17) is 11.6 Å². The Kier molecular flexibility index (Phi) is 6.87. The van der Waals surface area contributed by atoms with Crippen molar-refractivity contribution >= 4 is 35.1 Å². The van der Waals surface area contributed by atoms with E-state index in [1.54, 1.807) is 24.2 Å². The summed E-state index contributed by atoms with van der Waals surface area (Å²) in [5.41, 5.74) is 0.999. The number of piperidine rings is 1. The van der Waals surface area contributed by atoms with Crippen LogP contribution in [-0.2, 0) is 11.3 Å². The van der Waals surface area contributed by atoms with Gasteiger partial charge in [-0.3, -0.25) is 4.79 Å². The Labute approximate surface area is 185 Å². The smallest absolute Gasteiger partial charge is 0.225 e. The van der Waals surface area contributed by atoms with Crippen molar-refractivity contribution in [3.63, 3.8) is 0 Å². The number of hydrogen-bond acceptors (Lipinski definition) is 5. The summed E-state index contributed by atoms with van der Waals surface area (Å²) in [5, 5.41) is 4.60. The molecule has 5 nitrogen and oxygen atoms in total. The average molecular weight is 439 g/mol. The SMILES string of the molecule is O=C(NCc1cccc(Cl)c1)[C@H]1CCCN(c2nccnc2Sc2ccccc2)C1. The number of carbonyl (C=O) groups is 1. The Balaban J connectivity index is 1.42. The van der Waals surface area contributed by atoms with E-state index >= 15 is 0 Å². The summed E-state index contributed by atoms with van der Waals surface area (Å²) in [6.07, 6.45) is 5.25. The number of amides is 1. The van der Waals surface area contributed by atoms with Crippen molar-refractivity contribution in [2.24, 2.45) is 5.92 Å². The van der Waals surface area contributed by atoms with E-state index < -0.39 is 0 Å². The predicted molar refractivity (Wildman–Crippen MR) is 121 cm³/mol. The van der Waals surface area contributed by atoms with Crippen LogP contribution in [0.25, 0.3) is 0 Å². The number of anilines is 1. The molecule has 1 fully saturated rings. The second-order valence-electron chi connectivity index (χ2n) is 7.23. The third-order valence-electron chi connectivity index (χ3n) is 5.05. The fourth-order valence-corrected chi connectivity index (χ4v) is 4.69. The number of halogens is 1. The van der Waals surface area contributed by atoms with Gasteiger partial charge in [-0.25, -0.2) is 9.97 Å². The predicted octanol–water partition coefficient (Wildman–Crippen LogP) is 4.81. The number of benzene rings is 2. The third kappa shape index (κ3) is 5.32. The van der Waals surface area contributed by atoms with E-state index in [0.29, 0.717) is 18.1 Å². The van der Waals surface area contributed by atoms with Crippen LogP contribution in [0.1, 0.15) is 18.4 Å². The number of carbonyl (C=O) groups excluding carboxylic acids is 1. The van der Waals surface area contributed by atoms with Gasteiger partial charge < -0.3 is 10.2 Å². The molecule has 1 aliphatic rings. The minimum absolute atomic E-state index is 0.0702. The normalized spacial score (nSPS) is 16.3. The van der Waals surface area contributed by atoms with E-state index in [9.17, 15) is 4.79 Å². The first-order chi connectivity index (χ1) is 14.7. The molecule has 0 saturated carbocycles. The molecule has 30 heavy (non-hydrogen) atoms. The number of nitrogens with zero attached hydrogens (tertiary/aromatic N) is 3. The lowest BCUT2D eigenvalue weighted by Crippen LogP contribution is -2.43. The summed E-state index contributed by atoms with van der Waals surface area (Å²) in [6.45, 7) is 2.00. The molecular formula is C23H23ClN4OS. The first-order valence-corrected chi connectivity index (χ1v) is 11.2. The van der Waals surface area contributed by atoms with Crippen LogP contribution >= 0.6 is 23.4 Å². The molecule has 0 radical (unpaired) electrons. The lowest BCUT2D eigenvalue weighted by atomic mass is 9.97. The van der Waals surface area contributed by atoms with Gasteiger partial charge in [0.25, 0.3) is 0 Å². The summed E-state index contributed by atoms with van der Waals surface area (Å²) in [4.78, 5) is 25.2. The molecule has 4 rings (SSSR count). The van der Waals surface area contributed by atoms with E-state index in [1.807, 2.05) is 42.5 Å². The molecule has 1 amide bonds. The van der Waals surface area contributed by atoms with Gasteiger partial charge in [0.2, 0.25) is 5.91 Å². The van der Waals surface area contributed by atoms with Gasteiger partial charge in [0.05, 0.1) is 5.92 Å². The van der Waals surface area contributed by atoms with Gasteiger partial charge in [0.15, 0.2) is 5.82 Å². The van der Waals surface area contributed by atoms with Crippen LogP contribution in [0.15, 0.2) is 76.9 Å². The standard InChI is InChI=1S/C23H23ClN4OS/c24-19-8-4-6-17(14-19)15-27-22(29)18-7-5-13-28(16-18)21-23(26-12-11-25-21)30-20-9-2-1-3-10-20/h1-4,6,8-12,14,18H,5,7,13,15-16H2,(H,27,29)/t18-/m0/s1. The first-order valence-electron chi connectivity index (χ1n) is 10.00. The van der Waals surface area contributed by atoms with Gasteiger partial charge in [0, 0.05) is 41.9 Å². The molecule has 0 bridgehead atoms. The van der Waals surface area contributed by atoms with Crippen LogP contribution < -0.4 is 10.2 Å². The van der Waals surface area contributed by atoms with Crippen LogP contribution in [0.2, 0.25) is 5.02 Å². The Morgan fingerprint density at radius 2 is 1.97 bits per heavy atom. The molecule has 1 aromatic heterocycles. The molecule has 0 aliphatic carbocycles. The van der Waals surface area contributed by atoms with E-state index in [1.165, 1.54) is 0 Å². The third-order valence-corrected chi connectivity index (χ3v) is 6.28. The number of aromatic nitrogens is 2. The van der Waals surface area contributed by atoms with Gasteiger partial charge in [-0.15, -0.1) is 0 Å². The Hall–Kier alpha value is -2.57. The fraction of sp³-hybridized carbons (Fsp3) is 0.261. The van der Waals surface area contributed by atoms with Crippen molar-refractivity contribution in [1.82, 2.24) is 15.3 Å². The molecule has 0 unspecified atom stereocenters. The second kappa shape index (κ2) is 9.96. The zero-order valence-electron chi connectivity index (χ0n) is 16.5. The number of hydrogen-bond donors (Lipinski definition) is 1. The maximum absolute atomic E-state index is 12.8. The zero-order chi connectivity index (χ0) is 20.8. The summed E-state index contributed by atoms with van der Waals surface area (Å²) in [6, 6.07) is 17.7. The summed E-state index contributed by atoms with van der Waals surface area (Å²) in [7, 11) is 0. The number of nitrogens with one attached hydrogen (secondary N) is 1. The van der Waals surface area contributed by atoms with Crippen LogP contribution in [-0.4, -0.2) is 29.0 Å². The van der Waals surface area contributed by atoms with E-state index in [0.717, 1.165) is 40.7 Å². The highest BCUT2D eigenvalue weighted by Gasteiger charge is 2.28. The lowest BCUT2D eigenvalue weighted by molar-refractivity contribution is -0.125. The highest BCUT2D eigenvalue weighted by Crippen LogP contribution is 2.33. The minimum Gasteiger partial charge on any atom is -0.354 e. The lowest BCUT2D eigenvalue weighted by Gasteiger charge is -2.33. The molecular weight excluding hydrogens is 416 g/mol. The monoisotopic (exact) mass is 438 g/mol. The largest absolute Gasteiger partial charge is 0.354 e. The number of rotatable bonds is 6. The van der Waals surface area contributed by atoms with Crippen molar-refractivity contribution in [2.45, 2.75) is 29.3 Å². The molecule has 7 heteroatoms. The topological polar surface area (TPSA) is 58.1 Å². The maximum atomic E-state index is 12.8. The summed E-state index contributed by atoms with van der Waals surface area (Å²) in [5.74, 6) is 0.842. The quantitative estimate of drug-likeness (QED) is 0.598. The van der Waals surface area contributed by atoms with Gasteiger partial charge in [-0.2, -0.15) is 0 Å². The summed E-state index contributed by atoms with van der Waals surface area (Å²) < 4.78 is 0. The Morgan fingerprint density at radius 3 is 2.80 bits per heavy atom. The second-order valence-corrected chi connectivity index (χ2v) is 8.73. The molecule has 0 spiro atoms. The van der Waals surface area contributed by atoms with E-state index in [-0.39, 0.29) is 11.8 Å². The van der Waals surface area contributed by atoms with Crippen molar-refractivity contribution in [1.29, 1.82) is 0 Å². The van der Waals surface area contributed by atoms with Crippen molar-refractivity contribution < 1.29 is 4.79 Å². The van der Waals surface area contributed by atoms with Crippen molar-refractivity contribution in [3.8, 4) is 0 Å². The van der Waals surface area contributed by atoms with Crippen LogP contribution in [0.5, 0.6) is 0 Å². The van der Waals surface area contributed by atoms with Crippen LogP contribution in [0, 0.1) is 5.92 Å². The maximum Gasteiger partial charge on any atom is 0.225 e. The van der Waals surface area contributed by atoms with Gasteiger partial charge in [-0.1, -0.05) is 53.7 Å². The average Bonchev–Trinajstić information content (AvgIpc) is 2.79. The fourth-order valence-electron chi connectivity index (χ4n) is 3.57. The zero-order valence-corrected chi connectivity index (χ0v) is 18.1. The molecule has 1 saturated heterocycles. The molecule has 3 aromatic rings. The van der Waals surface area contributed by atoms with Crippen LogP contribution in [0.4, 0.5) is 5.82 Å². The molecule has 1 aliphatic heterocycles. The van der Waals surface area contributed by atoms with Crippen LogP contribution in [0.3, 0.4) is 0 Å². The van der Waals surface area contributed by atoms with Crippen molar-refractivity contribution in [3.05, 3.63) is 77.6 Å². The first kappa shape index (κ1) is 20.7.